The molecule has 0 atom stereocenters. The molecule has 1 aromatic heterocycles. The first-order chi connectivity index (χ1) is 9.10. The molecule has 2 rings (SSSR count). The minimum atomic E-state index is -0.487. The Morgan fingerprint density at radius 3 is 2.89 bits per heavy atom. The molecule has 0 unspecified atom stereocenters. The zero-order valence-electron chi connectivity index (χ0n) is 10.1. The van der Waals surface area contributed by atoms with Gasteiger partial charge in [0.05, 0.1) is 13.7 Å². The highest BCUT2D eigenvalue weighted by molar-refractivity contribution is 9.10. The third-order valence-corrected chi connectivity index (χ3v) is 3.32. The van der Waals surface area contributed by atoms with Crippen LogP contribution in [0, 0.1) is 0 Å². The summed E-state index contributed by atoms with van der Waals surface area (Å²) in [6, 6.07) is 8.75. The lowest BCUT2D eigenvalue weighted by molar-refractivity contribution is 0.0563. The Bertz CT molecular complexity index is 597. The van der Waals surface area contributed by atoms with Crippen molar-refractivity contribution in [2.24, 2.45) is 0 Å². The Hall–Kier alpha value is -1.46. The van der Waals surface area contributed by atoms with Gasteiger partial charge in [-0.25, -0.2) is 4.79 Å². The van der Waals surface area contributed by atoms with Crippen LogP contribution in [0.3, 0.4) is 0 Å². The first kappa shape index (κ1) is 14.0. The highest BCUT2D eigenvalue weighted by Crippen LogP contribution is 2.26. The number of carbonyl (C=O) groups is 1. The minimum Gasteiger partial charge on any atom is -0.463 e. The summed E-state index contributed by atoms with van der Waals surface area (Å²) in [5, 5.41) is 3.83. The van der Waals surface area contributed by atoms with Gasteiger partial charge in [-0.05, 0) is 46.3 Å². The molecule has 0 spiro atoms. The van der Waals surface area contributed by atoms with E-state index in [9.17, 15) is 4.79 Å². The van der Waals surface area contributed by atoms with E-state index in [0.29, 0.717) is 17.3 Å². The molecule has 0 bridgehead atoms. The fraction of sp³-hybridized carbons (Fsp3) is 0.154. The normalized spacial score (nSPS) is 10.3. The Labute approximate surface area is 123 Å². The lowest BCUT2D eigenvalue weighted by Crippen LogP contribution is -2.00. The molecule has 1 N–H and O–H groups in total. The number of rotatable bonds is 4. The van der Waals surface area contributed by atoms with Crippen molar-refractivity contribution in [3.05, 3.63) is 51.3 Å². The van der Waals surface area contributed by atoms with Crippen molar-refractivity contribution in [3.63, 3.8) is 0 Å². The summed E-state index contributed by atoms with van der Waals surface area (Å²) in [7, 11) is 1.31. The number of methoxy groups -OCH3 is 1. The topological polar surface area (TPSA) is 51.5 Å². The van der Waals surface area contributed by atoms with Crippen molar-refractivity contribution in [1.82, 2.24) is 0 Å². The summed E-state index contributed by atoms with van der Waals surface area (Å²) in [5.74, 6) is 0.343. The van der Waals surface area contributed by atoms with Crippen LogP contribution in [0.4, 0.5) is 5.69 Å². The summed E-state index contributed by atoms with van der Waals surface area (Å²) in [6.45, 7) is 0.456. The predicted octanol–water partition coefficient (Wildman–Crippen LogP) is 4.09. The lowest BCUT2D eigenvalue weighted by Gasteiger charge is -2.07. The van der Waals surface area contributed by atoms with Crippen molar-refractivity contribution < 1.29 is 13.9 Å². The zero-order chi connectivity index (χ0) is 13.8. The summed E-state index contributed by atoms with van der Waals surface area (Å²) in [6.07, 6.45) is 0. The average Bonchev–Trinajstić information content (AvgIpc) is 2.85. The zero-order valence-corrected chi connectivity index (χ0v) is 12.4. The lowest BCUT2D eigenvalue weighted by atomic mass is 10.3. The molecule has 0 radical (unpaired) electrons. The predicted molar refractivity (Wildman–Crippen MR) is 76.5 cm³/mol. The molecule has 0 aliphatic heterocycles. The van der Waals surface area contributed by atoms with Gasteiger partial charge < -0.3 is 14.5 Å². The molecular weight excluding hydrogens is 334 g/mol. The number of furan rings is 1. The molecule has 6 heteroatoms. The van der Waals surface area contributed by atoms with Crippen LogP contribution in [-0.4, -0.2) is 13.1 Å². The molecule has 0 saturated heterocycles. The molecule has 2 aromatic rings. The second kappa shape index (κ2) is 6.12. The summed E-state index contributed by atoms with van der Waals surface area (Å²) in [5.41, 5.74) is 0.889. The largest absolute Gasteiger partial charge is 0.463 e. The summed E-state index contributed by atoms with van der Waals surface area (Å²) in [4.78, 5) is 11.2. The standard InChI is InChI=1S/C13H11BrClNO3/c1-18-13(17)12-5-3-9(19-12)7-16-11-4-2-8(15)6-10(11)14/h2-6,16H,7H2,1H3. The van der Waals surface area contributed by atoms with Crippen LogP contribution >= 0.6 is 27.5 Å². The van der Waals surface area contributed by atoms with E-state index in [0.717, 1.165) is 10.2 Å². The number of nitrogens with one attached hydrogen (secondary N) is 1. The third kappa shape index (κ3) is 3.52. The molecule has 1 aromatic carbocycles. The molecule has 19 heavy (non-hydrogen) atoms. The van der Waals surface area contributed by atoms with E-state index in [-0.39, 0.29) is 5.76 Å². The van der Waals surface area contributed by atoms with Gasteiger partial charge in [0.15, 0.2) is 0 Å². The number of benzene rings is 1. The van der Waals surface area contributed by atoms with Gasteiger partial charge in [0.2, 0.25) is 5.76 Å². The van der Waals surface area contributed by atoms with E-state index in [1.54, 1.807) is 24.3 Å². The van der Waals surface area contributed by atoms with Gasteiger partial charge in [0, 0.05) is 15.2 Å². The Morgan fingerprint density at radius 1 is 1.42 bits per heavy atom. The summed E-state index contributed by atoms with van der Waals surface area (Å²) < 4.78 is 10.8. The van der Waals surface area contributed by atoms with Gasteiger partial charge in [-0.1, -0.05) is 11.6 Å². The number of esters is 1. The Kier molecular flexibility index (Phi) is 4.50. The monoisotopic (exact) mass is 343 g/mol. The van der Waals surface area contributed by atoms with E-state index >= 15 is 0 Å². The second-order valence-electron chi connectivity index (χ2n) is 3.74. The van der Waals surface area contributed by atoms with Crippen molar-refractivity contribution >= 4 is 39.2 Å². The van der Waals surface area contributed by atoms with E-state index < -0.39 is 5.97 Å². The minimum absolute atomic E-state index is 0.189. The van der Waals surface area contributed by atoms with Gasteiger partial charge in [-0.2, -0.15) is 0 Å². The molecule has 0 fully saturated rings. The van der Waals surface area contributed by atoms with Crippen LogP contribution in [0.2, 0.25) is 5.02 Å². The molecular formula is C13H11BrClNO3. The van der Waals surface area contributed by atoms with Crippen LogP contribution in [-0.2, 0) is 11.3 Å². The number of carbonyl (C=O) groups excluding carboxylic acids is 1. The second-order valence-corrected chi connectivity index (χ2v) is 5.03. The molecule has 1 heterocycles. The van der Waals surface area contributed by atoms with E-state index in [1.807, 2.05) is 6.07 Å². The SMILES string of the molecule is COC(=O)c1ccc(CNc2ccc(Cl)cc2Br)o1. The van der Waals surface area contributed by atoms with Crippen LogP contribution in [0.5, 0.6) is 0 Å². The highest BCUT2D eigenvalue weighted by atomic mass is 79.9. The Balaban J connectivity index is 2.02. The fourth-order valence-electron chi connectivity index (χ4n) is 1.50. The van der Waals surface area contributed by atoms with Gasteiger partial charge in [-0.3, -0.25) is 0 Å². The fourth-order valence-corrected chi connectivity index (χ4v) is 2.32. The van der Waals surface area contributed by atoms with E-state index in [1.165, 1.54) is 7.11 Å². The number of halogens is 2. The van der Waals surface area contributed by atoms with Crippen LogP contribution in [0.1, 0.15) is 16.3 Å². The number of hydrogen-bond donors (Lipinski definition) is 1. The van der Waals surface area contributed by atoms with Crippen LogP contribution in [0.25, 0.3) is 0 Å². The molecule has 4 nitrogen and oxygen atoms in total. The maximum absolute atomic E-state index is 11.2. The smallest absolute Gasteiger partial charge is 0.373 e. The third-order valence-electron chi connectivity index (χ3n) is 2.43. The van der Waals surface area contributed by atoms with Gasteiger partial charge >= 0.3 is 5.97 Å². The first-order valence-corrected chi connectivity index (χ1v) is 6.63. The maximum Gasteiger partial charge on any atom is 0.373 e. The number of hydrogen-bond acceptors (Lipinski definition) is 4. The summed E-state index contributed by atoms with van der Waals surface area (Å²) >= 11 is 9.27. The molecule has 0 aliphatic carbocycles. The number of ether oxygens (including phenoxy) is 1. The quantitative estimate of drug-likeness (QED) is 0.849. The number of anilines is 1. The highest BCUT2D eigenvalue weighted by Gasteiger charge is 2.11. The molecule has 0 aliphatic rings. The first-order valence-electron chi connectivity index (χ1n) is 5.46. The van der Waals surface area contributed by atoms with E-state index in [4.69, 9.17) is 16.0 Å². The van der Waals surface area contributed by atoms with Gasteiger partial charge in [0.25, 0.3) is 0 Å². The maximum atomic E-state index is 11.2. The average molecular weight is 345 g/mol. The van der Waals surface area contributed by atoms with Gasteiger partial charge in [0.1, 0.15) is 5.76 Å². The molecule has 100 valence electrons. The van der Waals surface area contributed by atoms with Gasteiger partial charge in [-0.15, -0.1) is 0 Å². The van der Waals surface area contributed by atoms with Crippen LogP contribution in [0.15, 0.2) is 39.2 Å². The molecule has 0 saturated carbocycles. The van der Waals surface area contributed by atoms with Crippen LogP contribution < -0.4 is 5.32 Å². The van der Waals surface area contributed by atoms with Crippen molar-refractivity contribution in [2.75, 3.05) is 12.4 Å². The Morgan fingerprint density at radius 2 is 2.21 bits per heavy atom. The van der Waals surface area contributed by atoms with Crippen molar-refractivity contribution in [3.8, 4) is 0 Å². The van der Waals surface area contributed by atoms with Crippen molar-refractivity contribution in [1.29, 1.82) is 0 Å². The van der Waals surface area contributed by atoms with Crippen molar-refractivity contribution in [2.45, 2.75) is 6.54 Å². The van der Waals surface area contributed by atoms with E-state index in [2.05, 4.69) is 26.0 Å². The molecule has 0 amide bonds.